The molecule has 3 fully saturated rings. The number of nitrogens with zero attached hydrogens (tertiary/aromatic N) is 4. The predicted molar refractivity (Wildman–Crippen MR) is 133 cm³/mol. The van der Waals surface area contributed by atoms with E-state index in [4.69, 9.17) is 26.1 Å². The zero-order valence-electron chi connectivity index (χ0n) is 20.1. The van der Waals surface area contributed by atoms with E-state index in [0.717, 1.165) is 6.42 Å². The first-order chi connectivity index (χ1) is 17.8. The van der Waals surface area contributed by atoms with Gasteiger partial charge in [-0.1, -0.05) is 24.2 Å². The van der Waals surface area contributed by atoms with Crippen molar-refractivity contribution in [2.24, 2.45) is 5.41 Å². The van der Waals surface area contributed by atoms with Crippen LogP contribution in [0.2, 0.25) is 5.02 Å². The van der Waals surface area contributed by atoms with Gasteiger partial charge < -0.3 is 29.3 Å². The van der Waals surface area contributed by atoms with Crippen molar-refractivity contribution in [2.75, 3.05) is 57.4 Å². The maximum absolute atomic E-state index is 14.9. The van der Waals surface area contributed by atoms with Gasteiger partial charge in [-0.15, -0.1) is 0 Å². The fourth-order valence-electron chi connectivity index (χ4n) is 5.66. The minimum Gasteiger partial charge on any atom is -0.507 e. The van der Waals surface area contributed by atoms with Gasteiger partial charge in [-0.2, -0.15) is 0 Å². The summed E-state index contributed by atoms with van der Waals surface area (Å²) in [5.41, 5.74) is 0.0570. The molecule has 6 rings (SSSR count). The van der Waals surface area contributed by atoms with Gasteiger partial charge >= 0.3 is 0 Å². The Hall–Kier alpha value is -3.37. The molecule has 9 nitrogen and oxygen atoms in total. The van der Waals surface area contributed by atoms with Crippen molar-refractivity contribution in [3.63, 3.8) is 0 Å². The van der Waals surface area contributed by atoms with Crippen LogP contribution in [0.25, 0.3) is 11.3 Å². The number of fused-ring (bicyclic) bond motifs is 2. The van der Waals surface area contributed by atoms with Crippen LogP contribution in [0.5, 0.6) is 11.5 Å². The van der Waals surface area contributed by atoms with Crippen LogP contribution in [0.4, 0.5) is 10.2 Å². The van der Waals surface area contributed by atoms with Gasteiger partial charge in [0.1, 0.15) is 40.3 Å². The number of piperazine rings is 1. The molecule has 1 aromatic heterocycles. The van der Waals surface area contributed by atoms with Gasteiger partial charge in [-0.25, -0.2) is 9.37 Å². The van der Waals surface area contributed by atoms with E-state index in [1.807, 2.05) is 4.90 Å². The van der Waals surface area contributed by atoms with Crippen LogP contribution in [0.15, 0.2) is 30.9 Å². The minimum absolute atomic E-state index is 0.00737. The molecule has 2 aromatic rings. The number of pyridine rings is 1. The van der Waals surface area contributed by atoms with Crippen molar-refractivity contribution < 1.29 is 28.6 Å². The van der Waals surface area contributed by atoms with E-state index < -0.39 is 11.9 Å². The Labute approximate surface area is 218 Å². The van der Waals surface area contributed by atoms with Crippen LogP contribution in [-0.2, 0) is 9.53 Å². The number of amides is 2. The van der Waals surface area contributed by atoms with Gasteiger partial charge in [-0.05, 0) is 24.6 Å². The second kappa shape index (κ2) is 8.88. The van der Waals surface area contributed by atoms with Crippen LogP contribution >= 0.6 is 11.6 Å². The van der Waals surface area contributed by atoms with Gasteiger partial charge in [0.25, 0.3) is 5.91 Å². The highest BCUT2D eigenvalue weighted by atomic mass is 35.5. The van der Waals surface area contributed by atoms with Crippen LogP contribution < -0.4 is 9.64 Å². The monoisotopic (exact) mass is 528 g/mol. The van der Waals surface area contributed by atoms with Gasteiger partial charge in [0, 0.05) is 38.1 Å². The molecule has 0 aliphatic carbocycles. The van der Waals surface area contributed by atoms with Crippen molar-refractivity contribution in [1.82, 2.24) is 14.8 Å². The number of phenolic OH excluding ortho intramolecular Hbond substituents is 1. The summed E-state index contributed by atoms with van der Waals surface area (Å²) in [6.07, 6.45) is 2.12. The summed E-state index contributed by atoms with van der Waals surface area (Å²) in [7, 11) is 0. The van der Waals surface area contributed by atoms with E-state index in [9.17, 15) is 19.1 Å². The number of carbonyl (C=O) groups excluding carboxylic acids is 2. The summed E-state index contributed by atoms with van der Waals surface area (Å²) in [5.74, 6) is -1.07. The fraction of sp³-hybridized carbons (Fsp3) is 0.423. The number of anilines is 1. The molecule has 0 bridgehead atoms. The Balaban J connectivity index is 1.48. The molecule has 1 atom stereocenters. The number of hydrogen-bond donors (Lipinski definition) is 1. The van der Waals surface area contributed by atoms with E-state index in [1.54, 1.807) is 9.80 Å². The number of rotatable bonds is 3. The summed E-state index contributed by atoms with van der Waals surface area (Å²) < 4.78 is 26.6. The summed E-state index contributed by atoms with van der Waals surface area (Å²) in [5, 5.41) is 10.5. The molecular formula is C26H26ClFN4O5. The lowest BCUT2D eigenvalue weighted by Crippen LogP contribution is -2.57. The molecule has 1 spiro atoms. The molecule has 37 heavy (non-hydrogen) atoms. The number of halogens is 2. The normalized spacial score (nSPS) is 22.2. The Morgan fingerprint density at radius 1 is 1.27 bits per heavy atom. The zero-order valence-corrected chi connectivity index (χ0v) is 20.8. The van der Waals surface area contributed by atoms with Gasteiger partial charge in [0.15, 0.2) is 5.75 Å². The van der Waals surface area contributed by atoms with Crippen molar-refractivity contribution >= 4 is 29.2 Å². The molecule has 4 aliphatic heterocycles. The Morgan fingerprint density at radius 3 is 2.76 bits per heavy atom. The molecule has 0 unspecified atom stereocenters. The maximum atomic E-state index is 14.9. The Kier molecular flexibility index (Phi) is 5.76. The number of carbonyl (C=O) groups is 2. The molecule has 1 N–H and O–H groups in total. The fourth-order valence-corrected chi connectivity index (χ4v) is 5.95. The van der Waals surface area contributed by atoms with Crippen molar-refractivity contribution in [2.45, 2.75) is 12.5 Å². The molecule has 11 heteroatoms. The maximum Gasteiger partial charge on any atom is 0.261 e. The molecule has 0 radical (unpaired) electrons. The summed E-state index contributed by atoms with van der Waals surface area (Å²) in [6.45, 7) is 7.12. The van der Waals surface area contributed by atoms with Crippen molar-refractivity contribution in [3.05, 3.63) is 47.3 Å². The molecule has 4 aliphatic rings. The number of benzene rings is 1. The number of hydrogen-bond acceptors (Lipinski definition) is 7. The largest absolute Gasteiger partial charge is 0.507 e. The molecule has 3 saturated heterocycles. The van der Waals surface area contributed by atoms with E-state index in [2.05, 4.69) is 6.58 Å². The van der Waals surface area contributed by atoms with E-state index in [0.29, 0.717) is 45.2 Å². The van der Waals surface area contributed by atoms with Gasteiger partial charge in [-0.3, -0.25) is 9.59 Å². The number of aromatic hydroxyl groups is 1. The highest BCUT2D eigenvalue weighted by Gasteiger charge is 2.47. The van der Waals surface area contributed by atoms with Gasteiger partial charge in [0.2, 0.25) is 5.91 Å². The zero-order chi connectivity index (χ0) is 25.9. The molecule has 0 saturated carbocycles. The number of phenols is 1. The lowest BCUT2D eigenvalue weighted by Gasteiger charge is -2.39. The molecule has 2 amide bonds. The van der Waals surface area contributed by atoms with E-state index in [-0.39, 0.29) is 63.7 Å². The summed E-state index contributed by atoms with van der Waals surface area (Å²) in [6, 6.07) is 3.56. The lowest BCUT2D eigenvalue weighted by atomic mass is 9.85. The molecule has 5 heterocycles. The topological polar surface area (TPSA) is 95.4 Å². The molecular weight excluding hydrogens is 503 g/mol. The minimum atomic E-state index is -0.693. The van der Waals surface area contributed by atoms with Crippen LogP contribution in [0.1, 0.15) is 16.8 Å². The standard InChI is InChI=1S/C26H26ClFN4O5/c1-2-18(34)30-8-9-32-15(10-30)11-37-23-20(25(32)35)24(31-7-6-26(12-31)13-36-14-26)29-22(21(23)27)19-16(28)4-3-5-17(19)33/h2-5,15,33H,1,6-14H2/t15-/m1/s1. The third kappa shape index (κ3) is 3.81. The second-order valence-electron chi connectivity index (χ2n) is 10.1. The van der Waals surface area contributed by atoms with Crippen LogP contribution in [0.3, 0.4) is 0 Å². The number of ether oxygens (including phenoxy) is 2. The Bertz CT molecular complexity index is 1300. The van der Waals surface area contributed by atoms with E-state index >= 15 is 0 Å². The quantitative estimate of drug-likeness (QED) is 0.612. The average Bonchev–Trinajstić information content (AvgIpc) is 3.28. The smallest absolute Gasteiger partial charge is 0.261 e. The predicted octanol–water partition coefficient (Wildman–Crippen LogP) is 2.70. The SMILES string of the molecule is C=CC(=O)N1CCN2C(=O)c3c(N4CCC5(COC5)C4)nc(-c4c(O)cccc4F)c(Cl)c3OC[C@H]2C1. The first kappa shape index (κ1) is 24.0. The second-order valence-corrected chi connectivity index (χ2v) is 10.4. The first-order valence-electron chi connectivity index (χ1n) is 12.2. The summed E-state index contributed by atoms with van der Waals surface area (Å²) >= 11 is 6.76. The first-order valence-corrected chi connectivity index (χ1v) is 12.6. The molecule has 1 aromatic carbocycles. The highest BCUT2D eigenvalue weighted by Crippen LogP contribution is 2.48. The summed E-state index contributed by atoms with van der Waals surface area (Å²) in [4.78, 5) is 36.3. The van der Waals surface area contributed by atoms with Crippen molar-refractivity contribution in [3.8, 4) is 22.8 Å². The van der Waals surface area contributed by atoms with Crippen molar-refractivity contribution in [1.29, 1.82) is 0 Å². The average molecular weight is 529 g/mol. The Morgan fingerprint density at radius 2 is 2.08 bits per heavy atom. The third-order valence-corrected chi connectivity index (χ3v) is 8.07. The van der Waals surface area contributed by atoms with Gasteiger partial charge in [0.05, 0.1) is 24.8 Å². The van der Waals surface area contributed by atoms with E-state index in [1.165, 1.54) is 24.3 Å². The highest BCUT2D eigenvalue weighted by molar-refractivity contribution is 6.35. The van der Waals surface area contributed by atoms with Crippen LogP contribution in [-0.4, -0.2) is 90.3 Å². The lowest BCUT2D eigenvalue weighted by molar-refractivity contribution is -0.128. The molecule has 194 valence electrons. The third-order valence-electron chi connectivity index (χ3n) is 7.72. The van der Waals surface area contributed by atoms with Crippen LogP contribution in [0, 0.1) is 11.2 Å². The number of aromatic nitrogens is 1.